The zero-order valence-corrected chi connectivity index (χ0v) is 14.1. The van der Waals surface area contributed by atoms with Crippen molar-refractivity contribution in [1.82, 2.24) is 5.32 Å². The van der Waals surface area contributed by atoms with E-state index < -0.39 is 23.5 Å². The number of hydrogen-bond donors (Lipinski definition) is 2. The van der Waals surface area contributed by atoms with Gasteiger partial charge in [-0.15, -0.1) is 11.8 Å². The fraction of sp³-hybridized carbons (Fsp3) is 0.375. The SMILES string of the molecule is CC(C)(C)OC(=O)NCC=C(F)CSc1ccccc1C(=O)O. The van der Waals surface area contributed by atoms with Crippen LogP contribution in [0, 0.1) is 0 Å². The van der Waals surface area contributed by atoms with Crippen molar-refractivity contribution in [2.75, 3.05) is 12.3 Å². The molecule has 1 aromatic carbocycles. The number of thioether (sulfide) groups is 1. The number of ether oxygens (including phenoxy) is 1. The summed E-state index contributed by atoms with van der Waals surface area (Å²) < 4.78 is 18.7. The van der Waals surface area contributed by atoms with Crippen molar-refractivity contribution >= 4 is 23.8 Å². The zero-order valence-electron chi connectivity index (χ0n) is 13.3. The number of aromatic carboxylic acids is 1. The van der Waals surface area contributed by atoms with E-state index in [9.17, 15) is 14.0 Å². The van der Waals surface area contributed by atoms with Crippen LogP contribution in [0.2, 0.25) is 0 Å². The molecule has 0 spiro atoms. The van der Waals surface area contributed by atoms with Crippen LogP contribution in [0.25, 0.3) is 0 Å². The predicted octanol–water partition coefficient (Wildman–Crippen LogP) is 3.86. The summed E-state index contributed by atoms with van der Waals surface area (Å²) in [6, 6.07) is 6.40. The van der Waals surface area contributed by atoms with Crippen LogP contribution in [0.3, 0.4) is 0 Å². The standard InChI is InChI=1S/C16H20FNO4S/c1-16(2,3)22-15(21)18-9-8-11(17)10-23-13-7-5-4-6-12(13)14(19)20/h4-8H,9-10H2,1-3H3,(H,18,21)(H,19,20). The molecule has 0 fully saturated rings. The molecule has 126 valence electrons. The number of rotatable bonds is 6. The van der Waals surface area contributed by atoms with Crippen molar-refractivity contribution < 1.29 is 23.8 Å². The van der Waals surface area contributed by atoms with Crippen LogP contribution in [-0.4, -0.2) is 35.1 Å². The van der Waals surface area contributed by atoms with E-state index in [0.717, 1.165) is 11.8 Å². The molecule has 0 aliphatic rings. The van der Waals surface area contributed by atoms with E-state index in [4.69, 9.17) is 9.84 Å². The number of amides is 1. The Morgan fingerprint density at radius 3 is 2.61 bits per heavy atom. The summed E-state index contributed by atoms with van der Waals surface area (Å²) in [6.45, 7) is 5.21. The van der Waals surface area contributed by atoms with Crippen LogP contribution in [0.1, 0.15) is 31.1 Å². The van der Waals surface area contributed by atoms with Crippen LogP contribution in [0.5, 0.6) is 0 Å². The highest BCUT2D eigenvalue weighted by atomic mass is 32.2. The van der Waals surface area contributed by atoms with Gasteiger partial charge in [-0.2, -0.15) is 0 Å². The molecule has 1 amide bonds. The maximum Gasteiger partial charge on any atom is 0.407 e. The van der Waals surface area contributed by atoms with Crippen molar-refractivity contribution in [3.05, 3.63) is 41.7 Å². The van der Waals surface area contributed by atoms with E-state index in [1.165, 1.54) is 12.1 Å². The maximum atomic E-state index is 13.7. The number of halogens is 1. The Bertz CT molecular complexity index is 596. The lowest BCUT2D eigenvalue weighted by Crippen LogP contribution is -2.32. The molecule has 2 N–H and O–H groups in total. The molecule has 7 heteroatoms. The number of alkyl carbamates (subject to hydrolysis) is 1. The third-order valence-electron chi connectivity index (χ3n) is 2.45. The highest BCUT2D eigenvalue weighted by molar-refractivity contribution is 7.99. The van der Waals surface area contributed by atoms with E-state index >= 15 is 0 Å². The lowest BCUT2D eigenvalue weighted by molar-refractivity contribution is 0.0533. The van der Waals surface area contributed by atoms with E-state index in [1.54, 1.807) is 39.0 Å². The summed E-state index contributed by atoms with van der Waals surface area (Å²) in [5.74, 6) is -1.52. The van der Waals surface area contributed by atoms with E-state index in [2.05, 4.69) is 5.32 Å². The number of hydrogen-bond acceptors (Lipinski definition) is 4. The van der Waals surface area contributed by atoms with Gasteiger partial charge in [0.2, 0.25) is 0 Å². The molecule has 0 saturated carbocycles. The summed E-state index contributed by atoms with van der Waals surface area (Å²) in [6.07, 6.45) is 0.603. The summed E-state index contributed by atoms with van der Waals surface area (Å²) >= 11 is 1.08. The van der Waals surface area contributed by atoms with Crippen molar-refractivity contribution in [3.8, 4) is 0 Å². The van der Waals surface area contributed by atoms with Gasteiger partial charge in [-0.25, -0.2) is 14.0 Å². The molecule has 0 aliphatic carbocycles. The average molecular weight is 341 g/mol. The number of nitrogens with one attached hydrogen (secondary N) is 1. The minimum Gasteiger partial charge on any atom is -0.478 e. The van der Waals surface area contributed by atoms with Crippen molar-refractivity contribution in [1.29, 1.82) is 0 Å². The Morgan fingerprint density at radius 1 is 1.35 bits per heavy atom. The van der Waals surface area contributed by atoms with Gasteiger partial charge >= 0.3 is 12.1 Å². The fourth-order valence-corrected chi connectivity index (χ4v) is 2.43. The molecule has 5 nitrogen and oxygen atoms in total. The minimum atomic E-state index is -1.05. The Hall–Kier alpha value is -2.02. The molecule has 0 unspecified atom stereocenters. The summed E-state index contributed by atoms with van der Waals surface area (Å²) in [5.41, 5.74) is -0.472. The van der Waals surface area contributed by atoms with Crippen molar-refractivity contribution in [2.45, 2.75) is 31.3 Å². The highest BCUT2D eigenvalue weighted by Gasteiger charge is 2.15. The number of benzene rings is 1. The molecule has 0 radical (unpaired) electrons. The largest absolute Gasteiger partial charge is 0.478 e. The first-order valence-electron chi connectivity index (χ1n) is 6.95. The molecular weight excluding hydrogens is 321 g/mol. The zero-order chi connectivity index (χ0) is 17.5. The van der Waals surface area contributed by atoms with Crippen molar-refractivity contribution in [3.63, 3.8) is 0 Å². The second-order valence-corrected chi connectivity index (χ2v) is 6.64. The quantitative estimate of drug-likeness (QED) is 0.769. The Kier molecular flexibility index (Phi) is 7.09. The molecule has 0 aliphatic heterocycles. The van der Waals surface area contributed by atoms with Crippen LogP contribution >= 0.6 is 11.8 Å². The third kappa shape index (κ3) is 7.69. The van der Waals surface area contributed by atoms with E-state index in [1.807, 2.05) is 0 Å². The topological polar surface area (TPSA) is 75.6 Å². The summed E-state index contributed by atoms with van der Waals surface area (Å²) in [4.78, 5) is 22.9. The molecule has 1 rings (SSSR count). The molecule has 23 heavy (non-hydrogen) atoms. The normalized spacial score (nSPS) is 11.9. The fourth-order valence-electron chi connectivity index (χ4n) is 1.53. The van der Waals surface area contributed by atoms with Gasteiger partial charge < -0.3 is 15.2 Å². The van der Waals surface area contributed by atoms with Gasteiger partial charge in [-0.1, -0.05) is 12.1 Å². The lowest BCUT2D eigenvalue weighted by atomic mass is 10.2. The molecule has 0 heterocycles. The first-order chi connectivity index (χ1) is 10.7. The summed E-state index contributed by atoms with van der Waals surface area (Å²) in [7, 11) is 0. The van der Waals surface area contributed by atoms with Gasteiger partial charge in [0, 0.05) is 17.2 Å². The average Bonchev–Trinajstić information content (AvgIpc) is 2.43. The number of carbonyl (C=O) groups is 2. The van der Waals surface area contributed by atoms with Gasteiger partial charge in [0.25, 0.3) is 0 Å². The predicted molar refractivity (Wildman–Crippen MR) is 87.6 cm³/mol. The van der Waals surface area contributed by atoms with Crippen LogP contribution < -0.4 is 5.32 Å². The van der Waals surface area contributed by atoms with E-state index in [-0.39, 0.29) is 17.9 Å². The van der Waals surface area contributed by atoms with Crippen molar-refractivity contribution in [2.24, 2.45) is 0 Å². The summed E-state index contributed by atoms with van der Waals surface area (Å²) in [5, 5.41) is 11.5. The second kappa shape index (κ2) is 8.57. The van der Waals surface area contributed by atoms with Crippen LogP contribution in [0.4, 0.5) is 9.18 Å². The molecule has 0 aromatic heterocycles. The van der Waals surface area contributed by atoms with Crippen LogP contribution in [0.15, 0.2) is 41.1 Å². The van der Waals surface area contributed by atoms with Gasteiger partial charge in [0.1, 0.15) is 11.4 Å². The molecular formula is C16H20FNO4S. The Morgan fingerprint density at radius 2 is 2.00 bits per heavy atom. The molecule has 1 aromatic rings. The van der Waals surface area contributed by atoms with Gasteiger partial charge in [-0.3, -0.25) is 0 Å². The van der Waals surface area contributed by atoms with Crippen LogP contribution in [-0.2, 0) is 4.74 Å². The third-order valence-corrected chi connectivity index (χ3v) is 3.54. The first-order valence-corrected chi connectivity index (χ1v) is 7.94. The smallest absolute Gasteiger partial charge is 0.407 e. The lowest BCUT2D eigenvalue weighted by Gasteiger charge is -2.19. The number of carboxylic acid groups (broad SMARTS) is 1. The highest BCUT2D eigenvalue weighted by Crippen LogP contribution is 2.24. The first kappa shape index (κ1) is 19.0. The molecule has 0 bridgehead atoms. The van der Waals surface area contributed by atoms with E-state index in [0.29, 0.717) is 4.90 Å². The minimum absolute atomic E-state index is 0.00187. The number of carboxylic acids is 1. The van der Waals surface area contributed by atoms with Gasteiger partial charge in [-0.05, 0) is 39.0 Å². The Labute approximate surface area is 138 Å². The molecule has 0 atom stereocenters. The maximum absolute atomic E-state index is 13.7. The van der Waals surface area contributed by atoms with Gasteiger partial charge in [0.05, 0.1) is 5.56 Å². The van der Waals surface area contributed by atoms with Gasteiger partial charge in [0.15, 0.2) is 0 Å². The number of carbonyl (C=O) groups excluding carboxylic acids is 1. The monoisotopic (exact) mass is 341 g/mol. The Balaban J connectivity index is 2.46. The molecule has 0 saturated heterocycles. The second-order valence-electron chi connectivity index (χ2n) is 5.62.